The van der Waals surface area contributed by atoms with Crippen LogP contribution in [0.5, 0.6) is 0 Å². The van der Waals surface area contributed by atoms with Gasteiger partial charge in [0.15, 0.2) is 12.0 Å². The molecule has 1 aliphatic heterocycles. The molecule has 0 fully saturated rings. The summed E-state index contributed by atoms with van der Waals surface area (Å²) in [7, 11) is 0. The summed E-state index contributed by atoms with van der Waals surface area (Å²) in [6.45, 7) is 0.364. The monoisotopic (exact) mass is 272 g/mol. The Morgan fingerprint density at radius 1 is 1.40 bits per heavy atom. The lowest BCUT2D eigenvalue weighted by molar-refractivity contribution is -0.121. The van der Waals surface area contributed by atoms with Crippen molar-refractivity contribution in [3.05, 3.63) is 30.2 Å². The van der Waals surface area contributed by atoms with Gasteiger partial charge in [-0.3, -0.25) is 9.59 Å². The molecule has 0 spiro atoms. The first-order chi connectivity index (χ1) is 9.72. The number of nitrogens with one attached hydrogen (secondary N) is 2. The Morgan fingerprint density at radius 3 is 3.10 bits per heavy atom. The predicted molar refractivity (Wildman–Crippen MR) is 70.7 cm³/mol. The standard InChI is InChI=1S/C13H12N4O3/c18-12-4-3-10(16-17-12)13(19)14-6-8-1-2-9-11(5-8)20-7-15-9/h1-2,5,7H,3-4,6H2,(H,14,19)(H,17,18). The van der Waals surface area contributed by atoms with E-state index >= 15 is 0 Å². The third-order valence-electron chi connectivity index (χ3n) is 3.02. The maximum atomic E-state index is 11.9. The summed E-state index contributed by atoms with van der Waals surface area (Å²) in [6.07, 6.45) is 2.03. The van der Waals surface area contributed by atoms with Crippen molar-refractivity contribution in [1.29, 1.82) is 0 Å². The van der Waals surface area contributed by atoms with Crippen LogP contribution in [0, 0.1) is 0 Å². The molecule has 0 saturated carbocycles. The summed E-state index contributed by atoms with van der Waals surface area (Å²) in [5, 5.41) is 6.50. The van der Waals surface area contributed by atoms with Crippen molar-refractivity contribution in [3.63, 3.8) is 0 Å². The Balaban J connectivity index is 1.64. The van der Waals surface area contributed by atoms with Gasteiger partial charge >= 0.3 is 0 Å². The Hall–Kier alpha value is -2.70. The van der Waals surface area contributed by atoms with Crippen molar-refractivity contribution in [2.75, 3.05) is 0 Å². The van der Waals surface area contributed by atoms with E-state index in [1.165, 1.54) is 6.39 Å². The lowest BCUT2D eigenvalue weighted by atomic mass is 10.1. The normalized spacial score (nSPS) is 14.8. The summed E-state index contributed by atoms with van der Waals surface area (Å²) in [5.41, 5.74) is 5.00. The molecular weight excluding hydrogens is 260 g/mol. The highest BCUT2D eigenvalue weighted by atomic mass is 16.3. The topological polar surface area (TPSA) is 96.6 Å². The van der Waals surface area contributed by atoms with Crippen LogP contribution in [0.15, 0.2) is 34.1 Å². The lowest BCUT2D eigenvalue weighted by Gasteiger charge is -2.11. The molecular formula is C13H12N4O3. The molecule has 0 bridgehead atoms. The van der Waals surface area contributed by atoms with Crippen LogP contribution in [0.25, 0.3) is 11.1 Å². The van der Waals surface area contributed by atoms with Gasteiger partial charge in [-0.15, -0.1) is 0 Å². The highest BCUT2D eigenvalue weighted by Gasteiger charge is 2.17. The molecule has 2 amide bonds. The molecule has 2 heterocycles. The molecule has 2 aromatic rings. The van der Waals surface area contributed by atoms with Gasteiger partial charge in [-0.25, -0.2) is 10.4 Å². The zero-order chi connectivity index (χ0) is 13.9. The third-order valence-corrected chi connectivity index (χ3v) is 3.02. The minimum atomic E-state index is -0.275. The van der Waals surface area contributed by atoms with Crippen molar-refractivity contribution in [3.8, 4) is 0 Å². The van der Waals surface area contributed by atoms with Gasteiger partial charge in [0.1, 0.15) is 11.2 Å². The Morgan fingerprint density at radius 2 is 2.30 bits per heavy atom. The van der Waals surface area contributed by atoms with Gasteiger partial charge in [0, 0.05) is 19.4 Å². The second-order valence-corrected chi connectivity index (χ2v) is 4.43. The van der Waals surface area contributed by atoms with Crippen molar-refractivity contribution in [1.82, 2.24) is 15.7 Å². The van der Waals surface area contributed by atoms with Crippen LogP contribution in [0.2, 0.25) is 0 Å². The smallest absolute Gasteiger partial charge is 0.267 e. The first-order valence-electron chi connectivity index (χ1n) is 6.18. The van der Waals surface area contributed by atoms with Gasteiger partial charge in [-0.2, -0.15) is 5.10 Å². The number of nitrogens with zero attached hydrogens (tertiary/aromatic N) is 2. The molecule has 1 aromatic heterocycles. The number of hydrogen-bond acceptors (Lipinski definition) is 5. The van der Waals surface area contributed by atoms with Crippen molar-refractivity contribution in [2.45, 2.75) is 19.4 Å². The van der Waals surface area contributed by atoms with E-state index in [1.807, 2.05) is 18.2 Å². The van der Waals surface area contributed by atoms with Gasteiger partial charge in [0.25, 0.3) is 5.91 Å². The minimum absolute atomic E-state index is 0.169. The molecule has 7 nitrogen and oxygen atoms in total. The number of hydrogen-bond donors (Lipinski definition) is 2. The molecule has 0 saturated heterocycles. The van der Waals surface area contributed by atoms with Gasteiger partial charge in [-0.05, 0) is 17.7 Å². The van der Waals surface area contributed by atoms with Crippen LogP contribution in [0.4, 0.5) is 0 Å². The lowest BCUT2D eigenvalue weighted by Crippen LogP contribution is -2.36. The number of carbonyl (C=O) groups is 2. The predicted octanol–water partition coefficient (Wildman–Crippen LogP) is 0.710. The van der Waals surface area contributed by atoms with E-state index in [2.05, 4.69) is 20.8 Å². The quantitative estimate of drug-likeness (QED) is 0.860. The number of fused-ring (bicyclic) bond motifs is 1. The summed E-state index contributed by atoms with van der Waals surface area (Å²) in [4.78, 5) is 26.8. The number of amides is 2. The average molecular weight is 272 g/mol. The Kier molecular flexibility index (Phi) is 3.16. The molecule has 0 aliphatic carbocycles. The Bertz CT molecular complexity index is 704. The fourth-order valence-electron chi connectivity index (χ4n) is 1.93. The van der Waals surface area contributed by atoms with Crippen LogP contribution in [-0.4, -0.2) is 22.5 Å². The number of benzene rings is 1. The van der Waals surface area contributed by atoms with E-state index in [1.54, 1.807) is 0 Å². The van der Waals surface area contributed by atoms with E-state index in [4.69, 9.17) is 4.42 Å². The van der Waals surface area contributed by atoms with E-state index in [-0.39, 0.29) is 18.2 Å². The van der Waals surface area contributed by atoms with Crippen LogP contribution >= 0.6 is 0 Å². The maximum Gasteiger partial charge on any atom is 0.267 e. The van der Waals surface area contributed by atoms with Gasteiger partial charge in [-0.1, -0.05) is 6.07 Å². The van der Waals surface area contributed by atoms with Crippen molar-refractivity contribution < 1.29 is 14.0 Å². The zero-order valence-electron chi connectivity index (χ0n) is 10.5. The van der Waals surface area contributed by atoms with Crippen LogP contribution in [0.3, 0.4) is 0 Å². The third kappa shape index (κ3) is 2.51. The van der Waals surface area contributed by atoms with Crippen LogP contribution < -0.4 is 10.7 Å². The van der Waals surface area contributed by atoms with E-state index in [0.717, 1.165) is 11.1 Å². The van der Waals surface area contributed by atoms with E-state index in [9.17, 15) is 9.59 Å². The van der Waals surface area contributed by atoms with Crippen molar-refractivity contribution >= 4 is 28.6 Å². The molecule has 102 valence electrons. The molecule has 0 radical (unpaired) electrons. The summed E-state index contributed by atoms with van der Waals surface area (Å²) in [6, 6.07) is 5.53. The molecule has 0 unspecified atom stereocenters. The van der Waals surface area contributed by atoms with Gasteiger partial charge in [0.05, 0.1) is 0 Å². The molecule has 2 N–H and O–H groups in total. The summed E-state index contributed by atoms with van der Waals surface area (Å²) < 4.78 is 5.20. The number of hydrazone groups is 1. The van der Waals surface area contributed by atoms with Gasteiger partial charge in [0.2, 0.25) is 5.91 Å². The first-order valence-corrected chi connectivity index (χ1v) is 6.18. The SMILES string of the molecule is O=C1CCC(C(=O)NCc2ccc3ncoc3c2)=NN1. The maximum absolute atomic E-state index is 11.9. The number of carbonyl (C=O) groups excluding carboxylic acids is 2. The van der Waals surface area contributed by atoms with Gasteiger partial charge < -0.3 is 9.73 Å². The second-order valence-electron chi connectivity index (χ2n) is 4.43. The largest absolute Gasteiger partial charge is 0.443 e. The minimum Gasteiger partial charge on any atom is -0.443 e. The highest BCUT2D eigenvalue weighted by molar-refractivity contribution is 6.39. The van der Waals surface area contributed by atoms with Crippen LogP contribution in [0.1, 0.15) is 18.4 Å². The summed E-state index contributed by atoms with van der Waals surface area (Å²) in [5.74, 6) is -0.444. The van der Waals surface area contributed by atoms with Crippen LogP contribution in [-0.2, 0) is 16.1 Å². The molecule has 1 aliphatic rings. The van der Waals surface area contributed by atoms with E-state index < -0.39 is 0 Å². The molecule has 1 aromatic carbocycles. The highest BCUT2D eigenvalue weighted by Crippen LogP contribution is 2.14. The number of aromatic nitrogens is 1. The molecule has 3 rings (SSSR count). The number of rotatable bonds is 3. The molecule has 0 atom stereocenters. The Labute approximate surface area is 114 Å². The average Bonchev–Trinajstić information content (AvgIpc) is 2.93. The van der Waals surface area contributed by atoms with Crippen molar-refractivity contribution in [2.24, 2.45) is 5.10 Å². The molecule has 20 heavy (non-hydrogen) atoms. The summed E-state index contributed by atoms with van der Waals surface area (Å²) >= 11 is 0. The first kappa shape index (κ1) is 12.3. The van der Waals surface area contributed by atoms with E-state index in [0.29, 0.717) is 24.3 Å². The molecule has 7 heteroatoms. The second kappa shape index (κ2) is 5.12. The fraction of sp³-hybridized carbons (Fsp3) is 0.231. The zero-order valence-corrected chi connectivity index (χ0v) is 10.5. The fourth-order valence-corrected chi connectivity index (χ4v) is 1.93. The number of oxazole rings is 1.